The zero-order valence-corrected chi connectivity index (χ0v) is 17.7. The normalized spacial score (nSPS) is 11.1. The summed E-state index contributed by atoms with van der Waals surface area (Å²) in [5.41, 5.74) is 5.81. The lowest BCUT2D eigenvalue weighted by molar-refractivity contribution is -0.00699. The van der Waals surface area contributed by atoms with Gasteiger partial charge < -0.3 is 34.5 Å². The van der Waals surface area contributed by atoms with E-state index in [0.29, 0.717) is 59.4 Å². The molecular formula is C19H36N4O7. The topological polar surface area (TPSA) is 140 Å². The molecule has 11 heteroatoms. The zero-order chi connectivity index (χ0) is 21.7. The summed E-state index contributed by atoms with van der Waals surface area (Å²) in [6.45, 7) is 4.74. The Balaban J connectivity index is 1.82. The van der Waals surface area contributed by atoms with Crippen LogP contribution in [0.25, 0.3) is 0 Å². The number of aliphatic hydroxyl groups is 1. The van der Waals surface area contributed by atoms with Crippen molar-refractivity contribution < 1.29 is 33.6 Å². The van der Waals surface area contributed by atoms with Gasteiger partial charge in [-0.2, -0.15) is 0 Å². The first-order chi connectivity index (χ1) is 14.7. The maximum Gasteiger partial charge on any atom is 0.404 e. The van der Waals surface area contributed by atoms with Crippen LogP contribution in [0.3, 0.4) is 0 Å². The zero-order valence-electron chi connectivity index (χ0n) is 17.7. The van der Waals surface area contributed by atoms with E-state index in [0.717, 1.165) is 37.8 Å². The summed E-state index contributed by atoms with van der Waals surface area (Å²) in [5.74, 6) is 0. The van der Waals surface area contributed by atoms with E-state index in [1.54, 1.807) is 4.68 Å². The van der Waals surface area contributed by atoms with E-state index in [1.807, 2.05) is 6.20 Å². The van der Waals surface area contributed by atoms with E-state index in [-0.39, 0.29) is 13.2 Å². The highest BCUT2D eigenvalue weighted by molar-refractivity contribution is 5.64. The Morgan fingerprint density at radius 1 is 0.867 bits per heavy atom. The predicted octanol–water partition coefficient (Wildman–Crippen LogP) is 0.535. The van der Waals surface area contributed by atoms with E-state index < -0.39 is 6.09 Å². The van der Waals surface area contributed by atoms with Crippen LogP contribution in [0.4, 0.5) is 4.79 Å². The van der Waals surface area contributed by atoms with Crippen LogP contribution in [0.2, 0.25) is 0 Å². The summed E-state index contributed by atoms with van der Waals surface area (Å²) >= 11 is 0. The fourth-order valence-corrected chi connectivity index (χ4v) is 2.45. The van der Waals surface area contributed by atoms with Gasteiger partial charge in [0.25, 0.3) is 0 Å². The fraction of sp³-hybridized carbons (Fsp3) is 0.842. The summed E-state index contributed by atoms with van der Waals surface area (Å²) in [6, 6.07) is 0. The highest BCUT2D eigenvalue weighted by atomic mass is 16.6. The average molecular weight is 433 g/mol. The van der Waals surface area contributed by atoms with Gasteiger partial charge in [0.05, 0.1) is 65.1 Å². The second-order valence-electron chi connectivity index (χ2n) is 6.48. The third kappa shape index (κ3) is 16.1. The number of ether oxygens (including phenoxy) is 5. The number of aryl methyl sites for hydroxylation is 1. The molecule has 1 aromatic heterocycles. The Hall–Kier alpha value is -1.79. The number of hydrogen-bond acceptors (Lipinski definition) is 9. The smallest absolute Gasteiger partial charge is 0.404 e. The maximum absolute atomic E-state index is 10.3. The monoisotopic (exact) mass is 432 g/mol. The Bertz CT molecular complexity index is 531. The maximum atomic E-state index is 10.3. The van der Waals surface area contributed by atoms with Crippen LogP contribution in [0.15, 0.2) is 6.20 Å². The second kappa shape index (κ2) is 19.2. The van der Waals surface area contributed by atoms with Gasteiger partial charge in [-0.1, -0.05) is 18.1 Å². The molecule has 1 heterocycles. The van der Waals surface area contributed by atoms with Gasteiger partial charge in [0.15, 0.2) is 0 Å². The first kappa shape index (κ1) is 26.2. The van der Waals surface area contributed by atoms with Gasteiger partial charge in [-0.05, 0) is 19.3 Å². The van der Waals surface area contributed by atoms with E-state index >= 15 is 0 Å². The van der Waals surface area contributed by atoms with Crippen molar-refractivity contribution in [3.8, 4) is 0 Å². The van der Waals surface area contributed by atoms with Gasteiger partial charge in [0, 0.05) is 12.8 Å². The van der Waals surface area contributed by atoms with E-state index in [9.17, 15) is 4.79 Å². The van der Waals surface area contributed by atoms with Crippen LogP contribution in [-0.4, -0.2) is 92.3 Å². The molecule has 0 bridgehead atoms. The lowest BCUT2D eigenvalue weighted by Gasteiger charge is -2.07. The van der Waals surface area contributed by atoms with Crippen LogP contribution in [-0.2, 0) is 36.6 Å². The summed E-state index contributed by atoms with van der Waals surface area (Å²) < 4.78 is 27.8. The summed E-state index contributed by atoms with van der Waals surface area (Å²) in [4.78, 5) is 10.3. The Morgan fingerprint density at radius 3 is 2.03 bits per heavy atom. The molecule has 0 saturated heterocycles. The minimum Gasteiger partial charge on any atom is -0.447 e. The van der Waals surface area contributed by atoms with Crippen LogP contribution >= 0.6 is 0 Å². The molecule has 30 heavy (non-hydrogen) atoms. The van der Waals surface area contributed by atoms with Gasteiger partial charge in [-0.3, -0.25) is 0 Å². The standard InChI is InChI=1S/C19H36N4O7/c20-19(25)30-16-15-29-14-13-28-12-11-27-10-9-26-8-6-23-17-18(21-22-23)5-3-1-2-4-7-24/h17,24H,1-16H2,(H2,20,25). The van der Waals surface area contributed by atoms with Gasteiger partial charge in [-0.15, -0.1) is 5.10 Å². The van der Waals surface area contributed by atoms with Crippen molar-refractivity contribution in [1.29, 1.82) is 0 Å². The number of carbonyl (C=O) groups excluding carboxylic acids is 1. The van der Waals surface area contributed by atoms with Crippen LogP contribution in [0.5, 0.6) is 0 Å². The number of rotatable bonds is 21. The molecule has 0 spiro atoms. The molecule has 174 valence electrons. The van der Waals surface area contributed by atoms with Crippen molar-refractivity contribution in [3.05, 3.63) is 11.9 Å². The number of unbranched alkanes of at least 4 members (excludes halogenated alkanes) is 3. The Morgan fingerprint density at radius 2 is 1.43 bits per heavy atom. The molecule has 11 nitrogen and oxygen atoms in total. The quantitative estimate of drug-likeness (QED) is 0.266. The number of hydrogen-bond donors (Lipinski definition) is 2. The fourth-order valence-electron chi connectivity index (χ4n) is 2.45. The summed E-state index contributed by atoms with van der Waals surface area (Å²) in [5, 5.41) is 17.0. The van der Waals surface area contributed by atoms with Gasteiger partial charge in [0.1, 0.15) is 6.61 Å². The van der Waals surface area contributed by atoms with Crippen molar-refractivity contribution in [2.45, 2.75) is 38.6 Å². The number of nitrogens with two attached hydrogens (primary N) is 1. The average Bonchev–Trinajstić information content (AvgIpc) is 3.18. The van der Waals surface area contributed by atoms with Gasteiger partial charge in [-0.25, -0.2) is 9.48 Å². The third-order valence-electron chi connectivity index (χ3n) is 3.98. The van der Waals surface area contributed by atoms with E-state index in [4.69, 9.17) is 29.8 Å². The molecule has 0 radical (unpaired) electrons. The molecule has 0 aliphatic rings. The number of aliphatic hydroxyl groups excluding tert-OH is 1. The molecule has 0 aromatic carbocycles. The van der Waals surface area contributed by atoms with Crippen LogP contribution in [0, 0.1) is 0 Å². The summed E-state index contributed by atoms with van der Waals surface area (Å²) in [7, 11) is 0. The molecule has 0 fully saturated rings. The SMILES string of the molecule is NC(=O)OCCOCCOCCOCCOCCn1cc(CCCCCCO)nn1. The van der Waals surface area contributed by atoms with Crippen LogP contribution in [0.1, 0.15) is 31.4 Å². The van der Waals surface area contributed by atoms with Crippen molar-refractivity contribution in [2.24, 2.45) is 5.73 Å². The number of nitrogens with zero attached hydrogens (tertiary/aromatic N) is 3. The number of carbonyl (C=O) groups is 1. The molecule has 0 unspecified atom stereocenters. The summed E-state index contributed by atoms with van der Waals surface area (Å²) in [6.07, 6.45) is 6.15. The second-order valence-corrected chi connectivity index (χ2v) is 6.48. The first-order valence-electron chi connectivity index (χ1n) is 10.5. The molecule has 0 aliphatic carbocycles. The first-order valence-corrected chi connectivity index (χ1v) is 10.5. The lowest BCUT2D eigenvalue weighted by atomic mass is 10.1. The van der Waals surface area contributed by atoms with Crippen molar-refractivity contribution >= 4 is 6.09 Å². The minimum atomic E-state index is -0.805. The largest absolute Gasteiger partial charge is 0.447 e. The molecule has 3 N–H and O–H groups in total. The Kier molecular flexibility index (Phi) is 16.8. The molecule has 1 amide bonds. The van der Waals surface area contributed by atoms with Gasteiger partial charge in [0.2, 0.25) is 0 Å². The van der Waals surface area contributed by atoms with Crippen molar-refractivity contribution in [2.75, 3.05) is 66.1 Å². The third-order valence-corrected chi connectivity index (χ3v) is 3.98. The lowest BCUT2D eigenvalue weighted by Crippen LogP contribution is -2.17. The van der Waals surface area contributed by atoms with Crippen molar-refractivity contribution in [3.63, 3.8) is 0 Å². The van der Waals surface area contributed by atoms with E-state index in [2.05, 4.69) is 15.0 Å². The Labute approximate surface area is 177 Å². The molecule has 0 atom stereocenters. The molecule has 0 aliphatic heterocycles. The number of amides is 1. The van der Waals surface area contributed by atoms with Crippen molar-refractivity contribution in [1.82, 2.24) is 15.0 Å². The highest BCUT2D eigenvalue weighted by Gasteiger charge is 2.01. The molecule has 1 rings (SSSR count). The molecule has 0 saturated carbocycles. The molecule has 1 aromatic rings. The molecular weight excluding hydrogens is 396 g/mol. The predicted molar refractivity (Wildman–Crippen MR) is 108 cm³/mol. The van der Waals surface area contributed by atoms with E-state index in [1.165, 1.54) is 0 Å². The van der Waals surface area contributed by atoms with Crippen LogP contribution < -0.4 is 5.73 Å². The number of primary amides is 1. The minimum absolute atomic E-state index is 0.142. The highest BCUT2D eigenvalue weighted by Crippen LogP contribution is 2.05. The number of aromatic nitrogens is 3. The van der Waals surface area contributed by atoms with Gasteiger partial charge >= 0.3 is 6.09 Å².